The van der Waals surface area contributed by atoms with Crippen LogP contribution in [-0.2, 0) is 85.6 Å². The summed E-state index contributed by atoms with van der Waals surface area (Å²) in [4.78, 5) is 76.5. The van der Waals surface area contributed by atoms with Crippen LogP contribution in [0.15, 0.2) is 36.5 Å². The largest absolute Gasteiger partial charge is 0.381 e. The fourth-order valence-corrected chi connectivity index (χ4v) is 19.2. The summed E-state index contributed by atoms with van der Waals surface area (Å²) in [6.07, 6.45) is 110. The number of carbonyl (C=O) groups excluding carboxylic acids is 6. The van der Waals surface area contributed by atoms with Crippen molar-refractivity contribution in [2.75, 3.05) is 108 Å². The lowest BCUT2D eigenvalue weighted by Crippen LogP contribution is -2.30. The fourth-order valence-electron chi connectivity index (χ4n) is 19.2. The van der Waals surface area contributed by atoms with Gasteiger partial charge in [-0.2, -0.15) is 0 Å². The van der Waals surface area contributed by atoms with Crippen molar-refractivity contribution in [3.05, 3.63) is 36.5 Å². The lowest BCUT2D eigenvalue weighted by molar-refractivity contribution is -0.135. The molecular weight excluding hydrogens is 1810 g/mol. The van der Waals surface area contributed by atoms with E-state index in [2.05, 4.69) is 84.9 Å². The molecule has 0 rings (SSSR count). The molecule has 0 radical (unpaired) electrons. The highest BCUT2D eigenvalue weighted by atomic mass is 16.6. The van der Waals surface area contributed by atoms with Crippen molar-refractivity contribution in [2.45, 2.75) is 637 Å². The molecule has 0 N–H and O–H groups in total. The van der Waals surface area contributed by atoms with Crippen LogP contribution in [0.5, 0.6) is 0 Å². The molecule has 0 spiro atoms. The third kappa shape index (κ3) is 109. The summed E-state index contributed by atoms with van der Waals surface area (Å²) in [6.45, 7) is 17.1. The van der Waals surface area contributed by atoms with Crippen LogP contribution in [0.4, 0.5) is 0 Å². The van der Waals surface area contributed by atoms with E-state index in [1.807, 2.05) is 35.5 Å². The molecule has 0 fully saturated rings. The van der Waals surface area contributed by atoms with E-state index < -0.39 is 12.2 Å². The molecule has 856 valence electrons. The number of carbonyl (C=O) groups is 6. The molecule has 18 nitrogen and oxygen atoms in total. The molecule has 18 heteroatoms. The maximum Gasteiger partial charge on any atom is 0.158 e. The molecule has 0 aromatic carbocycles. The van der Waals surface area contributed by atoms with Crippen LogP contribution in [0, 0.1) is 0 Å². The molecular formula is C127H240O18. The summed E-state index contributed by atoms with van der Waals surface area (Å²) in [6, 6.07) is 0. The van der Waals surface area contributed by atoms with Gasteiger partial charge >= 0.3 is 0 Å². The quantitative estimate of drug-likeness (QED) is 0.0409. The Morgan fingerprint density at radius 2 is 0.345 bits per heavy atom. The SMILES string of the molecule is CCCCCCC(C/C=C\CCCCCCCC(=O)COCC(COCC(=O)CCCCCCC/C=C\CC(CCCCCC)OCC)OCC(=O)CCCCCCC/C=C\CC(CCCCCC)OC)OC.CCCCCCC(CCCCCCCCCCC(=O)COCC(COCC(=O)CCCCCCCCCCC(CCCCCC)OC)OCC(=O)CCCCCCCCCCC(CCCCCC)OC)OC. The zero-order chi connectivity index (χ0) is 106. The predicted octanol–water partition coefficient (Wildman–Crippen LogP) is 35.3. The van der Waals surface area contributed by atoms with E-state index in [9.17, 15) is 28.8 Å². The molecule has 0 saturated heterocycles. The van der Waals surface area contributed by atoms with Gasteiger partial charge in [-0.15, -0.1) is 0 Å². The van der Waals surface area contributed by atoms with E-state index >= 15 is 0 Å². The summed E-state index contributed by atoms with van der Waals surface area (Å²) >= 11 is 0. The van der Waals surface area contributed by atoms with Crippen LogP contribution in [0.25, 0.3) is 0 Å². The van der Waals surface area contributed by atoms with Crippen LogP contribution in [0.1, 0.15) is 588 Å². The number of ether oxygens (including phenoxy) is 12. The van der Waals surface area contributed by atoms with Crippen molar-refractivity contribution >= 4 is 34.7 Å². The fraction of sp³-hybridized carbons (Fsp3) is 0.906. The number of ketones is 6. The molecule has 0 aliphatic rings. The smallest absolute Gasteiger partial charge is 0.158 e. The summed E-state index contributed by atoms with van der Waals surface area (Å²) in [5, 5.41) is 0. The Balaban J connectivity index is 0. The first-order valence-electron chi connectivity index (χ1n) is 62.0. The van der Waals surface area contributed by atoms with Gasteiger partial charge in [0.05, 0.1) is 63.1 Å². The highest BCUT2D eigenvalue weighted by molar-refractivity contribution is 5.81. The minimum Gasteiger partial charge on any atom is -0.381 e. The molecule has 0 aromatic rings. The molecule has 0 aliphatic carbocycles. The Labute approximate surface area is 896 Å². The minimum atomic E-state index is -0.525. The molecule has 0 aromatic heterocycles. The predicted molar refractivity (Wildman–Crippen MR) is 611 cm³/mol. The van der Waals surface area contributed by atoms with Crippen molar-refractivity contribution < 1.29 is 85.6 Å². The van der Waals surface area contributed by atoms with E-state index in [4.69, 9.17) is 56.8 Å². The summed E-state index contributed by atoms with van der Waals surface area (Å²) in [5.74, 6) is 0.494. The van der Waals surface area contributed by atoms with Gasteiger partial charge in [-0.05, 0) is 161 Å². The lowest BCUT2D eigenvalue weighted by Gasteiger charge is -2.18. The van der Waals surface area contributed by atoms with Crippen molar-refractivity contribution in [1.82, 2.24) is 0 Å². The zero-order valence-corrected chi connectivity index (χ0v) is 97.6. The zero-order valence-electron chi connectivity index (χ0n) is 97.6. The Morgan fingerprint density at radius 3 is 0.552 bits per heavy atom. The number of unbranched alkanes of at least 4 members (excludes halogenated alkanes) is 54. The average molecular weight is 2060 g/mol. The second-order valence-corrected chi connectivity index (χ2v) is 42.8. The average Bonchev–Trinajstić information content (AvgIpc) is 0.959. The van der Waals surface area contributed by atoms with Gasteiger partial charge in [0.1, 0.15) is 51.8 Å². The summed E-state index contributed by atoms with van der Waals surface area (Å²) in [7, 11) is 9.23. The van der Waals surface area contributed by atoms with Crippen molar-refractivity contribution in [1.29, 1.82) is 0 Å². The maximum atomic E-state index is 12.8. The molecule has 145 heavy (non-hydrogen) atoms. The van der Waals surface area contributed by atoms with E-state index in [0.29, 0.717) is 75.1 Å². The van der Waals surface area contributed by atoms with Gasteiger partial charge < -0.3 is 56.8 Å². The normalized spacial score (nSPS) is 13.6. The van der Waals surface area contributed by atoms with Crippen LogP contribution < -0.4 is 0 Å². The standard InChI is InChI=1S/C64H118O9.C63H122O9/c1-7-11-14-38-47-61(68-5)49-41-32-26-20-17-23-29-35-44-58(65)53-70-56-64(73-55-60(67)46-37-31-25-18-21-27-33-42-50-62(69-6)48-39-15-12-8-2)57-71-54-59(66)45-36-30-24-19-22-28-34-43-52-63(72-10-4)51-40-16-13-9-3;1-7-10-13-37-46-60(67-4)49-40-31-25-19-16-22-28-34-43-57(64)52-70-55-63(72-54-59(66)45-36-30-24-18-21-27-33-42-51-62(69-6)48-39-15-12-9-3)56-71-53-58(65)44-35-29-23-17-20-26-32-41-50-61(68-5)47-38-14-11-8-2/h32-34,41-43,61-64H,7-31,35-40,44-57H2,1-6H3;60-63H,7-56H2,1-6H3/b41-32-,42-33-,43-34-;. The number of allylic oxidation sites excluding steroid dienone is 3. The first-order chi connectivity index (χ1) is 71.1. The molecule has 0 bridgehead atoms. The number of rotatable bonds is 122. The summed E-state index contributed by atoms with van der Waals surface area (Å²) < 4.78 is 69.8. The maximum absolute atomic E-state index is 12.8. The third-order valence-corrected chi connectivity index (χ3v) is 28.9. The van der Waals surface area contributed by atoms with Crippen LogP contribution in [0.3, 0.4) is 0 Å². The van der Waals surface area contributed by atoms with Crippen LogP contribution in [-0.4, -0.2) is 192 Å². The number of methoxy groups -OCH3 is 5. The Morgan fingerprint density at radius 1 is 0.172 bits per heavy atom. The van der Waals surface area contributed by atoms with Gasteiger partial charge in [0.15, 0.2) is 34.7 Å². The van der Waals surface area contributed by atoms with Gasteiger partial charge in [-0.3, -0.25) is 28.8 Å². The van der Waals surface area contributed by atoms with Crippen molar-refractivity contribution in [3.63, 3.8) is 0 Å². The van der Waals surface area contributed by atoms with Gasteiger partial charge in [-0.25, -0.2) is 0 Å². The second-order valence-electron chi connectivity index (χ2n) is 42.8. The van der Waals surface area contributed by atoms with Crippen LogP contribution in [0.2, 0.25) is 0 Å². The first kappa shape index (κ1) is 144. The molecule has 0 amide bonds. The van der Waals surface area contributed by atoms with Crippen molar-refractivity contribution in [2.24, 2.45) is 0 Å². The van der Waals surface area contributed by atoms with Gasteiger partial charge in [0.25, 0.3) is 0 Å². The van der Waals surface area contributed by atoms with Gasteiger partial charge in [0.2, 0.25) is 0 Å². The highest BCUT2D eigenvalue weighted by Gasteiger charge is 2.20. The Kier molecular flexibility index (Phi) is 118. The Bertz CT molecular complexity index is 2720. The van der Waals surface area contributed by atoms with E-state index in [1.165, 1.54) is 315 Å². The van der Waals surface area contributed by atoms with Crippen LogP contribution >= 0.6 is 0 Å². The highest BCUT2D eigenvalue weighted by Crippen LogP contribution is 2.25. The molecule has 0 saturated carbocycles. The molecule has 7 atom stereocenters. The first-order valence-corrected chi connectivity index (χ1v) is 62.0. The van der Waals surface area contributed by atoms with E-state index in [-0.39, 0.29) is 101 Å². The monoisotopic (exact) mass is 2050 g/mol. The van der Waals surface area contributed by atoms with Crippen molar-refractivity contribution in [3.8, 4) is 0 Å². The number of Topliss-reactive ketones (excluding diaryl/α,β-unsaturated/α-hetero) is 6. The topological polar surface area (TPSA) is 213 Å². The molecule has 7 unspecified atom stereocenters. The van der Waals surface area contributed by atoms with Gasteiger partial charge in [-0.1, -0.05) is 425 Å². The third-order valence-electron chi connectivity index (χ3n) is 28.9. The second kappa shape index (κ2) is 119. The van der Waals surface area contributed by atoms with E-state index in [1.54, 1.807) is 0 Å². The summed E-state index contributed by atoms with van der Waals surface area (Å²) in [5.41, 5.74) is 0. The minimum absolute atomic E-state index is 0.0000498. The van der Waals surface area contributed by atoms with Gasteiger partial charge in [0, 0.05) is 80.7 Å². The molecule has 0 heterocycles. The number of hydrogen-bond donors (Lipinski definition) is 0. The van der Waals surface area contributed by atoms with E-state index in [0.717, 1.165) is 193 Å². The lowest BCUT2D eigenvalue weighted by atomic mass is 10.0. The molecule has 0 aliphatic heterocycles. The number of hydrogen-bond acceptors (Lipinski definition) is 18. The Hall–Kier alpha value is -3.24.